The minimum Gasteiger partial charge on any atom is -0.358 e. The summed E-state index contributed by atoms with van der Waals surface area (Å²) in [7, 11) is 0. The second kappa shape index (κ2) is 4.31. The molecule has 0 atom stereocenters. The molecule has 0 saturated carbocycles. The van der Waals surface area contributed by atoms with Crippen LogP contribution in [0.3, 0.4) is 0 Å². The molecule has 0 unspecified atom stereocenters. The third-order valence-corrected chi connectivity index (χ3v) is 3.34. The van der Waals surface area contributed by atoms with Crippen molar-refractivity contribution in [3.8, 4) is 11.1 Å². The number of hydrogen-bond acceptors (Lipinski definition) is 1. The van der Waals surface area contributed by atoms with Crippen LogP contribution in [0.2, 0.25) is 0 Å². The van der Waals surface area contributed by atoms with Gasteiger partial charge in [-0.2, -0.15) is 0 Å². The maximum Gasteiger partial charge on any atom is 0.0462 e. The van der Waals surface area contributed by atoms with Crippen molar-refractivity contribution < 1.29 is 0 Å². The Morgan fingerprint density at radius 2 is 1.89 bits per heavy atom. The first kappa shape index (κ1) is 11.1. The van der Waals surface area contributed by atoms with Crippen molar-refractivity contribution in [2.45, 2.75) is 13.5 Å². The van der Waals surface area contributed by atoms with Gasteiger partial charge in [0.05, 0.1) is 0 Å². The second-order valence-electron chi connectivity index (χ2n) is 4.58. The van der Waals surface area contributed by atoms with Gasteiger partial charge in [0.1, 0.15) is 0 Å². The van der Waals surface area contributed by atoms with Crippen LogP contribution in [0, 0.1) is 6.92 Å². The molecule has 0 amide bonds. The van der Waals surface area contributed by atoms with Crippen molar-refractivity contribution in [3.05, 3.63) is 59.8 Å². The van der Waals surface area contributed by atoms with Crippen LogP contribution in [0.25, 0.3) is 22.0 Å². The number of aromatic amines is 1. The van der Waals surface area contributed by atoms with E-state index >= 15 is 0 Å². The Morgan fingerprint density at radius 1 is 1.06 bits per heavy atom. The average Bonchev–Trinajstić information content (AvgIpc) is 2.74. The van der Waals surface area contributed by atoms with Crippen molar-refractivity contribution in [3.63, 3.8) is 0 Å². The van der Waals surface area contributed by atoms with Crippen molar-refractivity contribution >= 4 is 10.9 Å². The van der Waals surface area contributed by atoms with Gasteiger partial charge in [-0.3, -0.25) is 0 Å². The van der Waals surface area contributed by atoms with Gasteiger partial charge < -0.3 is 10.7 Å². The van der Waals surface area contributed by atoms with E-state index in [0.29, 0.717) is 6.54 Å². The van der Waals surface area contributed by atoms with Gasteiger partial charge >= 0.3 is 0 Å². The molecule has 1 aromatic heterocycles. The molecule has 3 aromatic rings. The van der Waals surface area contributed by atoms with Crippen molar-refractivity contribution in [2.24, 2.45) is 5.73 Å². The largest absolute Gasteiger partial charge is 0.358 e. The molecule has 18 heavy (non-hydrogen) atoms. The lowest BCUT2D eigenvalue weighted by molar-refractivity contribution is 1.07. The van der Waals surface area contributed by atoms with Crippen LogP contribution in [0.4, 0.5) is 0 Å². The van der Waals surface area contributed by atoms with E-state index in [9.17, 15) is 0 Å². The summed E-state index contributed by atoms with van der Waals surface area (Å²) < 4.78 is 0. The molecular formula is C16H16N2. The quantitative estimate of drug-likeness (QED) is 0.701. The van der Waals surface area contributed by atoms with Crippen LogP contribution >= 0.6 is 0 Å². The van der Waals surface area contributed by atoms with Gasteiger partial charge in [-0.05, 0) is 30.2 Å². The molecule has 2 heteroatoms. The molecule has 0 spiro atoms. The zero-order valence-electron chi connectivity index (χ0n) is 10.4. The summed E-state index contributed by atoms with van der Waals surface area (Å²) in [5, 5.41) is 1.27. The normalized spacial score (nSPS) is 11.0. The molecule has 2 aromatic carbocycles. The van der Waals surface area contributed by atoms with Gasteiger partial charge in [0.25, 0.3) is 0 Å². The number of hydrogen-bond donors (Lipinski definition) is 2. The summed E-state index contributed by atoms with van der Waals surface area (Å²) in [6, 6.07) is 16.8. The highest BCUT2D eigenvalue weighted by atomic mass is 14.7. The van der Waals surface area contributed by atoms with Crippen LogP contribution in [0.15, 0.2) is 48.5 Å². The van der Waals surface area contributed by atoms with E-state index in [1.165, 1.54) is 27.7 Å². The predicted molar refractivity (Wildman–Crippen MR) is 76.4 cm³/mol. The molecule has 1 heterocycles. The number of H-pyrrole nitrogens is 1. The fourth-order valence-corrected chi connectivity index (χ4v) is 2.50. The van der Waals surface area contributed by atoms with Gasteiger partial charge in [0, 0.05) is 28.7 Å². The van der Waals surface area contributed by atoms with E-state index < -0.39 is 0 Å². The molecule has 0 aliphatic carbocycles. The van der Waals surface area contributed by atoms with Gasteiger partial charge in [0.15, 0.2) is 0 Å². The Balaban J connectivity index is 2.27. The Bertz CT molecular complexity index is 695. The third kappa shape index (κ3) is 1.71. The highest BCUT2D eigenvalue weighted by Crippen LogP contribution is 2.32. The third-order valence-electron chi connectivity index (χ3n) is 3.34. The lowest BCUT2D eigenvalue weighted by Crippen LogP contribution is -1.95. The highest BCUT2D eigenvalue weighted by Gasteiger charge is 2.09. The molecule has 0 fully saturated rings. The summed E-state index contributed by atoms with van der Waals surface area (Å²) in [6.07, 6.45) is 0. The van der Waals surface area contributed by atoms with Gasteiger partial charge in [-0.25, -0.2) is 0 Å². The van der Waals surface area contributed by atoms with E-state index in [4.69, 9.17) is 5.73 Å². The van der Waals surface area contributed by atoms with Crippen LogP contribution in [0.5, 0.6) is 0 Å². The summed E-state index contributed by atoms with van der Waals surface area (Å²) in [4.78, 5) is 3.43. The minimum absolute atomic E-state index is 0.579. The standard InChI is InChI=1S/C16H16N2/c1-11-16(13-6-4-5-12(9-13)10-17)14-7-2-3-8-15(14)18-11/h2-9,18H,10,17H2,1H3. The van der Waals surface area contributed by atoms with Crippen LogP contribution in [-0.4, -0.2) is 4.98 Å². The lowest BCUT2D eigenvalue weighted by atomic mass is 10.0. The molecule has 2 nitrogen and oxygen atoms in total. The Hall–Kier alpha value is -2.06. The molecule has 3 rings (SSSR count). The first-order chi connectivity index (χ1) is 8.79. The summed E-state index contributed by atoms with van der Waals surface area (Å²) in [5.74, 6) is 0. The van der Waals surface area contributed by atoms with E-state index in [2.05, 4.69) is 60.4 Å². The fourth-order valence-electron chi connectivity index (χ4n) is 2.50. The number of nitrogens with two attached hydrogens (primary N) is 1. The average molecular weight is 236 g/mol. The zero-order valence-corrected chi connectivity index (χ0v) is 10.4. The molecule has 0 radical (unpaired) electrons. The van der Waals surface area contributed by atoms with Gasteiger partial charge in [0.2, 0.25) is 0 Å². The number of para-hydroxylation sites is 1. The number of aryl methyl sites for hydroxylation is 1. The van der Waals surface area contributed by atoms with Crippen molar-refractivity contribution in [1.82, 2.24) is 4.98 Å². The van der Waals surface area contributed by atoms with Crippen LogP contribution < -0.4 is 5.73 Å². The fraction of sp³-hybridized carbons (Fsp3) is 0.125. The zero-order chi connectivity index (χ0) is 12.5. The monoisotopic (exact) mass is 236 g/mol. The number of nitrogens with one attached hydrogen (secondary N) is 1. The number of aromatic nitrogens is 1. The summed E-state index contributed by atoms with van der Waals surface area (Å²) in [5.41, 5.74) is 11.8. The van der Waals surface area contributed by atoms with E-state index in [-0.39, 0.29) is 0 Å². The van der Waals surface area contributed by atoms with E-state index in [1.807, 2.05) is 0 Å². The van der Waals surface area contributed by atoms with Gasteiger partial charge in [-0.1, -0.05) is 36.4 Å². The highest BCUT2D eigenvalue weighted by molar-refractivity contribution is 5.97. The second-order valence-corrected chi connectivity index (χ2v) is 4.58. The predicted octanol–water partition coefficient (Wildman–Crippen LogP) is 3.60. The SMILES string of the molecule is Cc1[nH]c2ccccc2c1-c1cccc(CN)c1. The lowest BCUT2D eigenvalue weighted by Gasteiger charge is -2.04. The van der Waals surface area contributed by atoms with E-state index in [1.54, 1.807) is 0 Å². The first-order valence-corrected chi connectivity index (χ1v) is 6.16. The molecule has 0 aliphatic heterocycles. The van der Waals surface area contributed by atoms with Crippen molar-refractivity contribution in [2.75, 3.05) is 0 Å². The molecule has 0 saturated heterocycles. The van der Waals surface area contributed by atoms with Crippen molar-refractivity contribution in [1.29, 1.82) is 0 Å². The maximum atomic E-state index is 5.71. The molecule has 0 aliphatic rings. The Labute approximate surface area is 106 Å². The van der Waals surface area contributed by atoms with Gasteiger partial charge in [-0.15, -0.1) is 0 Å². The Kier molecular flexibility index (Phi) is 2.65. The smallest absolute Gasteiger partial charge is 0.0462 e. The molecule has 3 N–H and O–H groups in total. The maximum absolute atomic E-state index is 5.71. The molecule has 90 valence electrons. The summed E-state index contributed by atoms with van der Waals surface area (Å²) in [6.45, 7) is 2.69. The van der Waals surface area contributed by atoms with Crippen LogP contribution in [0.1, 0.15) is 11.3 Å². The number of rotatable bonds is 2. The number of fused-ring (bicyclic) bond motifs is 1. The summed E-state index contributed by atoms with van der Waals surface area (Å²) >= 11 is 0. The molecule has 0 bridgehead atoms. The number of benzene rings is 2. The Morgan fingerprint density at radius 3 is 2.72 bits per heavy atom. The first-order valence-electron chi connectivity index (χ1n) is 6.16. The minimum atomic E-state index is 0.579. The topological polar surface area (TPSA) is 41.8 Å². The van der Waals surface area contributed by atoms with E-state index in [0.717, 1.165) is 5.56 Å². The van der Waals surface area contributed by atoms with Crippen LogP contribution in [-0.2, 0) is 6.54 Å². The molecular weight excluding hydrogens is 220 g/mol.